The maximum Gasteiger partial charge on any atom is 0.408 e. The largest absolute Gasteiger partial charge is 0.444 e. The number of alkyl carbamates (subject to hydrolysis) is 1. The Morgan fingerprint density at radius 1 is 1.03 bits per heavy atom. The van der Waals surface area contributed by atoms with Crippen molar-refractivity contribution in [3.63, 3.8) is 0 Å². The molecule has 0 unspecified atom stereocenters. The van der Waals surface area contributed by atoms with Crippen molar-refractivity contribution < 1.29 is 27.2 Å². The minimum Gasteiger partial charge on any atom is -0.444 e. The minimum absolute atomic E-state index is 0.0395. The number of hydrogen-bond acceptors (Lipinski definition) is 6. The molecule has 2 aromatic rings. The van der Waals surface area contributed by atoms with Gasteiger partial charge >= 0.3 is 6.09 Å². The van der Waals surface area contributed by atoms with Crippen LogP contribution in [0, 0.1) is 6.92 Å². The average molecular weight is 436 g/mol. The van der Waals surface area contributed by atoms with Crippen molar-refractivity contribution in [2.45, 2.75) is 57.3 Å². The van der Waals surface area contributed by atoms with Gasteiger partial charge in [0, 0.05) is 0 Å². The van der Waals surface area contributed by atoms with Crippen molar-refractivity contribution >= 4 is 16.2 Å². The van der Waals surface area contributed by atoms with Gasteiger partial charge in [0.05, 0.1) is 17.5 Å². The van der Waals surface area contributed by atoms with Crippen LogP contribution in [0.1, 0.15) is 56.5 Å². The number of aryl methyl sites for hydroxylation is 1. The van der Waals surface area contributed by atoms with Crippen molar-refractivity contribution in [3.8, 4) is 0 Å². The number of amides is 1. The van der Waals surface area contributed by atoms with Gasteiger partial charge in [-0.2, -0.15) is 8.42 Å². The molecule has 0 fully saturated rings. The first-order valence-electron chi connectivity index (χ1n) is 9.61. The first kappa shape index (κ1) is 23.9. The summed E-state index contributed by atoms with van der Waals surface area (Å²) < 4.78 is 34.7. The number of aliphatic hydroxyl groups excluding tert-OH is 1. The van der Waals surface area contributed by atoms with Gasteiger partial charge in [0.25, 0.3) is 10.1 Å². The van der Waals surface area contributed by atoms with Gasteiger partial charge in [-0.1, -0.05) is 42.0 Å². The number of benzene rings is 2. The lowest BCUT2D eigenvalue weighted by Gasteiger charge is -2.22. The van der Waals surface area contributed by atoms with Crippen molar-refractivity contribution in [1.29, 1.82) is 0 Å². The summed E-state index contributed by atoms with van der Waals surface area (Å²) in [6, 6.07) is 12.8. The molecular formula is C22H29NO6S. The van der Waals surface area contributed by atoms with Crippen molar-refractivity contribution in [2.24, 2.45) is 0 Å². The van der Waals surface area contributed by atoms with Gasteiger partial charge < -0.3 is 15.2 Å². The maximum atomic E-state index is 12.2. The van der Waals surface area contributed by atoms with Gasteiger partial charge in [0.1, 0.15) is 11.7 Å². The third kappa shape index (κ3) is 7.12. The van der Waals surface area contributed by atoms with E-state index in [1.54, 1.807) is 57.2 Å². The Morgan fingerprint density at radius 3 is 2.10 bits per heavy atom. The summed E-state index contributed by atoms with van der Waals surface area (Å²) in [7, 11) is -3.95. The summed E-state index contributed by atoms with van der Waals surface area (Å²) in [6.45, 7) is 8.63. The van der Waals surface area contributed by atoms with Crippen LogP contribution in [-0.4, -0.2) is 31.8 Å². The van der Waals surface area contributed by atoms with Crippen molar-refractivity contribution in [3.05, 3.63) is 65.2 Å². The van der Waals surface area contributed by atoms with E-state index < -0.39 is 34.5 Å². The lowest BCUT2D eigenvalue weighted by Crippen LogP contribution is -2.34. The van der Waals surface area contributed by atoms with Crippen LogP contribution in [0.5, 0.6) is 0 Å². The molecule has 164 valence electrons. The summed E-state index contributed by atoms with van der Waals surface area (Å²) in [5, 5.41) is 13.0. The number of carbonyl (C=O) groups is 1. The second-order valence-electron chi connectivity index (χ2n) is 8.10. The molecule has 2 atom stereocenters. The van der Waals surface area contributed by atoms with Crippen LogP contribution < -0.4 is 5.32 Å². The van der Waals surface area contributed by atoms with Crippen LogP contribution in [0.2, 0.25) is 0 Å². The van der Waals surface area contributed by atoms with E-state index in [9.17, 15) is 18.3 Å². The van der Waals surface area contributed by atoms with Crippen LogP contribution in [0.3, 0.4) is 0 Å². The molecular weight excluding hydrogens is 406 g/mol. The fourth-order valence-electron chi connectivity index (χ4n) is 2.60. The predicted octanol–water partition coefficient (Wildman–Crippen LogP) is 4.02. The number of rotatable bonds is 7. The predicted molar refractivity (Wildman–Crippen MR) is 114 cm³/mol. The highest BCUT2D eigenvalue weighted by molar-refractivity contribution is 7.86. The fourth-order valence-corrected chi connectivity index (χ4v) is 3.51. The first-order chi connectivity index (χ1) is 13.9. The molecule has 0 aliphatic carbocycles. The second-order valence-corrected chi connectivity index (χ2v) is 9.72. The molecule has 7 nitrogen and oxygen atoms in total. The smallest absolute Gasteiger partial charge is 0.408 e. The van der Waals surface area contributed by atoms with E-state index in [2.05, 4.69) is 5.32 Å². The molecule has 0 aromatic heterocycles. The van der Waals surface area contributed by atoms with Crippen LogP contribution in [0.25, 0.3) is 0 Å². The van der Waals surface area contributed by atoms with E-state index in [1.807, 2.05) is 13.8 Å². The highest BCUT2D eigenvalue weighted by Gasteiger charge is 2.20. The zero-order valence-corrected chi connectivity index (χ0v) is 18.7. The Kier molecular flexibility index (Phi) is 7.63. The summed E-state index contributed by atoms with van der Waals surface area (Å²) >= 11 is 0. The summed E-state index contributed by atoms with van der Waals surface area (Å²) in [5.74, 6) is 0. The topological polar surface area (TPSA) is 102 Å². The van der Waals surface area contributed by atoms with Crippen molar-refractivity contribution in [2.75, 3.05) is 6.61 Å². The van der Waals surface area contributed by atoms with Crippen molar-refractivity contribution in [1.82, 2.24) is 5.32 Å². The standard InChI is InChI=1S/C22H29NO6S/c1-15-6-12-19(13-7-15)30(26,27)28-14-20(24)18-10-8-17(9-11-18)16(2)23-21(25)29-22(3,4)5/h6-13,16,20,24H,14H2,1-5H3,(H,23,25)/t16-,20+/m0/s1. The van der Waals surface area contributed by atoms with E-state index in [0.29, 0.717) is 5.56 Å². The number of aliphatic hydroxyl groups is 1. The van der Waals surface area contributed by atoms with Crippen LogP contribution >= 0.6 is 0 Å². The molecule has 1 amide bonds. The second kappa shape index (κ2) is 9.59. The highest BCUT2D eigenvalue weighted by atomic mass is 32.2. The SMILES string of the molecule is Cc1ccc(S(=O)(=O)OC[C@@H](O)c2ccc([C@H](C)NC(=O)OC(C)(C)C)cc2)cc1. The number of ether oxygens (including phenoxy) is 1. The summed E-state index contributed by atoms with van der Waals surface area (Å²) in [4.78, 5) is 11.9. The quantitative estimate of drug-likeness (QED) is 0.637. The fraction of sp³-hybridized carbons (Fsp3) is 0.409. The highest BCUT2D eigenvalue weighted by Crippen LogP contribution is 2.21. The monoisotopic (exact) mass is 435 g/mol. The molecule has 0 saturated carbocycles. The third-order valence-electron chi connectivity index (χ3n) is 4.25. The number of hydrogen-bond donors (Lipinski definition) is 2. The Morgan fingerprint density at radius 2 is 1.57 bits per heavy atom. The van der Waals surface area contributed by atoms with E-state index in [4.69, 9.17) is 8.92 Å². The average Bonchev–Trinajstić information content (AvgIpc) is 2.65. The zero-order valence-electron chi connectivity index (χ0n) is 17.9. The van der Waals surface area contributed by atoms with Gasteiger partial charge in [-0.25, -0.2) is 4.79 Å². The van der Waals surface area contributed by atoms with E-state index in [-0.39, 0.29) is 10.9 Å². The molecule has 0 aliphatic rings. The first-order valence-corrected chi connectivity index (χ1v) is 11.0. The Labute approximate surface area is 178 Å². The molecule has 2 N–H and O–H groups in total. The third-order valence-corrected chi connectivity index (χ3v) is 5.54. The molecule has 30 heavy (non-hydrogen) atoms. The molecule has 0 spiro atoms. The molecule has 0 radical (unpaired) electrons. The maximum absolute atomic E-state index is 12.2. The van der Waals surface area contributed by atoms with E-state index >= 15 is 0 Å². The Bertz CT molecular complexity index is 947. The summed E-state index contributed by atoms with van der Waals surface area (Å²) in [6.07, 6.45) is -1.64. The van der Waals surface area contributed by atoms with Gasteiger partial charge in [-0.3, -0.25) is 4.18 Å². The Balaban J connectivity index is 1.95. The molecule has 2 aromatic carbocycles. The lowest BCUT2D eigenvalue weighted by atomic mass is 10.0. The molecule has 8 heteroatoms. The molecule has 2 rings (SSSR count). The van der Waals surface area contributed by atoms with Crippen LogP contribution in [-0.2, 0) is 19.0 Å². The van der Waals surface area contributed by atoms with Gasteiger partial charge in [-0.15, -0.1) is 0 Å². The minimum atomic E-state index is -3.95. The summed E-state index contributed by atoms with van der Waals surface area (Å²) in [5.41, 5.74) is 1.66. The molecule has 0 heterocycles. The van der Waals surface area contributed by atoms with Gasteiger partial charge in [-0.05, 0) is 57.9 Å². The van der Waals surface area contributed by atoms with Gasteiger partial charge in [0.15, 0.2) is 0 Å². The molecule has 0 saturated heterocycles. The molecule has 0 aliphatic heterocycles. The number of carbonyl (C=O) groups excluding carboxylic acids is 1. The lowest BCUT2D eigenvalue weighted by molar-refractivity contribution is 0.0508. The van der Waals surface area contributed by atoms with E-state index in [0.717, 1.165) is 11.1 Å². The normalized spacial score (nSPS) is 14.1. The van der Waals surface area contributed by atoms with E-state index in [1.165, 1.54) is 12.1 Å². The van der Waals surface area contributed by atoms with Gasteiger partial charge in [0.2, 0.25) is 0 Å². The Hall–Kier alpha value is -2.42. The zero-order chi connectivity index (χ0) is 22.5. The van der Waals surface area contributed by atoms with Crippen LogP contribution in [0.15, 0.2) is 53.4 Å². The molecule has 0 bridgehead atoms. The van der Waals surface area contributed by atoms with Crippen LogP contribution in [0.4, 0.5) is 4.79 Å². The number of nitrogens with one attached hydrogen (secondary N) is 1.